The Bertz CT molecular complexity index is 201. The van der Waals surface area contributed by atoms with Crippen molar-refractivity contribution in [2.45, 2.75) is 0 Å². The number of hydrogen-bond acceptors (Lipinski definition) is 3. The van der Waals surface area contributed by atoms with Crippen molar-refractivity contribution in [2.24, 2.45) is 0 Å². The summed E-state index contributed by atoms with van der Waals surface area (Å²) in [7, 11) is 6.03. The van der Waals surface area contributed by atoms with Crippen LogP contribution in [0.1, 0.15) is 0 Å². The van der Waals surface area contributed by atoms with E-state index in [4.69, 9.17) is 0 Å². The molecule has 0 fully saturated rings. The number of quaternary nitrogens is 1. The fourth-order valence-electron chi connectivity index (χ4n) is 0.580. The Kier molecular flexibility index (Phi) is 1.63. The lowest BCUT2D eigenvalue weighted by Gasteiger charge is -2.18. The number of rotatable bonds is 1. The van der Waals surface area contributed by atoms with Gasteiger partial charge in [0.1, 0.15) is 12.7 Å². The summed E-state index contributed by atoms with van der Waals surface area (Å²) in [6.07, 6.45) is 3.01. The molecular weight excluding hydrogens is 128 g/mol. The van der Waals surface area contributed by atoms with Crippen LogP contribution in [0, 0.1) is 0 Å². The molecule has 0 aliphatic carbocycles. The monoisotopic (exact) mass is 139 g/mol. The zero-order chi connectivity index (χ0) is 7.61. The molecule has 0 saturated carbocycles. The molecule has 1 aromatic heterocycles. The molecule has 1 aromatic rings. The van der Waals surface area contributed by atoms with Crippen molar-refractivity contribution < 1.29 is 0 Å². The van der Waals surface area contributed by atoms with Crippen molar-refractivity contribution in [1.29, 1.82) is 0 Å². The minimum Gasteiger partial charge on any atom is -0.264 e. The summed E-state index contributed by atoms with van der Waals surface area (Å²) in [5, 5.41) is 0. The second-order valence-corrected chi connectivity index (χ2v) is 2.95. The highest BCUT2D eigenvalue weighted by Gasteiger charge is 2.13. The average molecular weight is 139 g/mol. The Hall–Kier alpha value is -1.03. The lowest BCUT2D eigenvalue weighted by atomic mass is 10.6. The minimum absolute atomic E-state index is 0.628. The summed E-state index contributed by atoms with van der Waals surface area (Å²) in [4.78, 5) is 11.7. The first-order chi connectivity index (χ1) is 4.61. The van der Waals surface area contributed by atoms with E-state index in [9.17, 15) is 0 Å². The molecule has 0 aromatic carbocycles. The van der Waals surface area contributed by atoms with Gasteiger partial charge in [0, 0.05) is 0 Å². The maximum atomic E-state index is 4.00. The molecule has 54 valence electrons. The quantitative estimate of drug-likeness (QED) is 0.517. The normalized spacial score (nSPS) is 11.5. The molecule has 0 N–H and O–H groups in total. The molecule has 0 spiro atoms. The predicted octanol–water partition coefficient (Wildman–Crippen LogP) is 0.0683. The van der Waals surface area contributed by atoms with E-state index >= 15 is 0 Å². The van der Waals surface area contributed by atoms with E-state index in [0.717, 1.165) is 5.95 Å². The fourth-order valence-corrected chi connectivity index (χ4v) is 0.580. The van der Waals surface area contributed by atoms with Crippen molar-refractivity contribution in [3.8, 4) is 0 Å². The molecule has 0 unspecified atom stereocenters. The van der Waals surface area contributed by atoms with Gasteiger partial charge >= 0.3 is 5.95 Å². The first kappa shape index (κ1) is 7.08. The summed E-state index contributed by atoms with van der Waals surface area (Å²) in [6, 6.07) is 0. The Morgan fingerprint density at radius 2 is 1.60 bits per heavy atom. The topological polar surface area (TPSA) is 38.7 Å². The van der Waals surface area contributed by atoms with Crippen LogP contribution in [0.2, 0.25) is 0 Å². The summed E-state index contributed by atoms with van der Waals surface area (Å²) in [5.41, 5.74) is 0. The highest BCUT2D eigenvalue weighted by atomic mass is 15.4. The molecule has 1 rings (SSSR count). The van der Waals surface area contributed by atoms with Crippen molar-refractivity contribution in [1.82, 2.24) is 19.4 Å². The molecule has 0 radical (unpaired) electrons. The SMILES string of the molecule is C[N+](C)(C)c1ncncn1. The van der Waals surface area contributed by atoms with Gasteiger partial charge in [-0.3, -0.25) is 4.48 Å². The van der Waals surface area contributed by atoms with Crippen LogP contribution in [0.25, 0.3) is 0 Å². The van der Waals surface area contributed by atoms with E-state index in [0.29, 0.717) is 4.48 Å². The lowest BCUT2D eigenvalue weighted by molar-refractivity contribution is 0.457. The minimum atomic E-state index is 0.628. The standard InChI is InChI=1S/C6H11N4/c1-10(2,3)6-8-4-7-5-9-6/h4-5H,1-3H3/q+1. The molecule has 0 bridgehead atoms. The molecule has 0 aliphatic heterocycles. The highest BCUT2D eigenvalue weighted by Crippen LogP contribution is 2.04. The first-order valence-corrected chi connectivity index (χ1v) is 3.05. The Morgan fingerprint density at radius 1 is 1.10 bits per heavy atom. The van der Waals surface area contributed by atoms with Crippen LogP contribution in [0.4, 0.5) is 5.95 Å². The van der Waals surface area contributed by atoms with E-state index in [1.54, 1.807) is 0 Å². The molecule has 1 heterocycles. The first-order valence-electron chi connectivity index (χ1n) is 3.05. The van der Waals surface area contributed by atoms with Crippen LogP contribution in [0.5, 0.6) is 0 Å². The molecule has 4 nitrogen and oxygen atoms in total. The second kappa shape index (κ2) is 2.30. The molecule has 0 amide bonds. The van der Waals surface area contributed by atoms with Crippen molar-refractivity contribution in [3.63, 3.8) is 0 Å². The molecule has 0 atom stereocenters. The van der Waals surface area contributed by atoms with Crippen LogP contribution in [0.3, 0.4) is 0 Å². The Balaban J connectivity index is 2.97. The van der Waals surface area contributed by atoms with Crippen LogP contribution in [0.15, 0.2) is 12.7 Å². The molecule has 4 heteroatoms. The average Bonchev–Trinajstić information content (AvgIpc) is 1.88. The number of hydrogen-bond donors (Lipinski definition) is 0. The van der Waals surface area contributed by atoms with E-state index in [-0.39, 0.29) is 0 Å². The van der Waals surface area contributed by atoms with E-state index in [1.165, 1.54) is 12.7 Å². The molecule has 10 heavy (non-hydrogen) atoms. The molecule has 0 aliphatic rings. The van der Waals surface area contributed by atoms with Gasteiger partial charge in [-0.15, -0.1) is 0 Å². The summed E-state index contributed by atoms with van der Waals surface area (Å²) >= 11 is 0. The summed E-state index contributed by atoms with van der Waals surface area (Å²) < 4.78 is 0.628. The smallest absolute Gasteiger partial charge is 0.264 e. The van der Waals surface area contributed by atoms with Crippen LogP contribution >= 0.6 is 0 Å². The van der Waals surface area contributed by atoms with Crippen molar-refractivity contribution in [3.05, 3.63) is 12.7 Å². The van der Waals surface area contributed by atoms with Gasteiger partial charge in [-0.1, -0.05) is 0 Å². The number of aromatic nitrogens is 3. The van der Waals surface area contributed by atoms with Gasteiger partial charge in [0.2, 0.25) is 0 Å². The summed E-state index contributed by atoms with van der Waals surface area (Å²) in [6.45, 7) is 0. The lowest BCUT2D eigenvalue weighted by Crippen LogP contribution is -2.36. The largest absolute Gasteiger partial charge is 0.331 e. The number of nitrogens with zero attached hydrogens (tertiary/aromatic N) is 4. The van der Waals surface area contributed by atoms with Gasteiger partial charge in [-0.2, -0.15) is 9.97 Å². The van der Waals surface area contributed by atoms with Crippen LogP contribution < -0.4 is 4.48 Å². The zero-order valence-electron chi connectivity index (χ0n) is 6.44. The van der Waals surface area contributed by atoms with E-state index in [2.05, 4.69) is 15.0 Å². The maximum Gasteiger partial charge on any atom is 0.331 e. The van der Waals surface area contributed by atoms with Gasteiger partial charge in [0.05, 0.1) is 21.1 Å². The Morgan fingerprint density at radius 3 is 1.90 bits per heavy atom. The molecular formula is C6H11N4+. The van der Waals surface area contributed by atoms with E-state index in [1.807, 2.05) is 21.1 Å². The third-order valence-corrected chi connectivity index (χ3v) is 1.08. The van der Waals surface area contributed by atoms with Crippen molar-refractivity contribution in [2.75, 3.05) is 21.1 Å². The predicted molar refractivity (Wildman–Crippen MR) is 39.4 cm³/mol. The van der Waals surface area contributed by atoms with Crippen LogP contribution in [-0.2, 0) is 0 Å². The Labute approximate surface area is 60.2 Å². The third-order valence-electron chi connectivity index (χ3n) is 1.08. The third kappa shape index (κ3) is 1.48. The molecule has 0 saturated heterocycles. The van der Waals surface area contributed by atoms with Gasteiger partial charge < -0.3 is 0 Å². The van der Waals surface area contributed by atoms with Gasteiger partial charge in [0.15, 0.2) is 0 Å². The summed E-state index contributed by atoms with van der Waals surface area (Å²) in [5.74, 6) is 0.773. The second-order valence-electron chi connectivity index (χ2n) is 2.95. The zero-order valence-corrected chi connectivity index (χ0v) is 6.44. The fraction of sp³-hybridized carbons (Fsp3) is 0.500. The maximum absolute atomic E-state index is 4.00. The van der Waals surface area contributed by atoms with Crippen LogP contribution in [-0.4, -0.2) is 36.1 Å². The van der Waals surface area contributed by atoms with Gasteiger partial charge in [-0.25, -0.2) is 4.98 Å². The van der Waals surface area contributed by atoms with Gasteiger partial charge in [0.25, 0.3) is 0 Å². The highest BCUT2D eigenvalue weighted by molar-refractivity contribution is 5.17. The van der Waals surface area contributed by atoms with E-state index < -0.39 is 0 Å². The van der Waals surface area contributed by atoms with Gasteiger partial charge in [-0.05, 0) is 0 Å². The van der Waals surface area contributed by atoms with Crippen molar-refractivity contribution >= 4 is 5.95 Å².